The number of rotatable bonds is 13. The first-order chi connectivity index (χ1) is 17.5. The Morgan fingerprint density at radius 1 is 1.19 bits per heavy atom. The molecule has 0 fully saturated rings. The first kappa shape index (κ1) is 28.0. The Balaban J connectivity index is 2.05. The Bertz CT molecular complexity index is 1390. The normalized spacial score (nSPS) is 12.4. The third kappa shape index (κ3) is 7.25. The van der Waals surface area contributed by atoms with E-state index in [0.717, 1.165) is 12.1 Å². The minimum absolute atomic E-state index is 0.00996. The molecule has 0 radical (unpaired) electrons. The van der Waals surface area contributed by atoms with Crippen molar-refractivity contribution in [2.75, 3.05) is 35.6 Å². The number of nitrogens with two attached hydrogens (primary N) is 1. The molecule has 0 aliphatic heterocycles. The molecular formula is C25H29F3N4O4S. The smallest absolute Gasteiger partial charge is 0.232 e. The summed E-state index contributed by atoms with van der Waals surface area (Å²) < 4.78 is 75.3. The summed E-state index contributed by atoms with van der Waals surface area (Å²) in [4.78, 5) is 15.4. The van der Waals surface area contributed by atoms with Crippen LogP contribution >= 0.6 is 0 Å². The van der Waals surface area contributed by atoms with Gasteiger partial charge < -0.3 is 15.8 Å². The molecule has 0 saturated heterocycles. The van der Waals surface area contributed by atoms with Gasteiger partial charge in [0.1, 0.15) is 30.7 Å². The van der Waals surface area contributed by atoms with Crippen LogP contribution in [0.15, 0.2) is 36.5 Å². The Labute approximate surface area is 213 Å². The summed E-state index contributed by atoms with van der Waals surface area (Å²) in [6.45, 7) is 2.76. The number of hydrogen-bond donors (Lipinski definition) is 3. The van der Waals surface area contributed by atoms with Gasteiger partial charge in [0.2, 0.25) is 15.9 Å². The number of sulfonamides is 1. The third-order valence-corrected chi connectivity index (χ3v) is 6.91. The van der Waals surface area contributed by atoms with Gasteiger partial charge in [0.05, 0.1) is 17.0 Å². The SMILES string of the molecule is CCCS(=O)(=O)Nc1ccc(F)c(-c2cc3cnc(NC[C@@H](C)CC(N)=O)cc3cc2OCCF)c1F. The van der Waals surface area contributed by atoms with Crippen LogP contribution in [0.25, 0.3) is 21.9 Å². The monoisotopic (exact) mass is 538 g/mol. The molecule has 2 aromatic carbocycles. The van der Waals surface area contributed by atoms with Crippen LogP contribution in [-0.4, -0.2) is 44.9 Å². The molecule has 0 unspecified atom stereocenters. The fraction of sp³-hybridized carbons (Fsp3) is 0.360. The molecular weight excluding hydrogens is 509 g/mol. The maximum Gasteiger partial charge on any atom is 0.232 e. The second kappa shape index (κ2) is 12.1. The number of primary amides is 1. The van der Waals surface area contributed by atoms with Gasteiger partial charge in [-0.1, -0.05) is 13.8 Å². The number of benzene rings is 2. The lowest BCUT2D eigenvalue weighted by atomic mass is 9.99. The fourth-order valence-corrected chi connectivity index (χ4v) is 4.92. The van der Waals surface area contributed by atoms with Crippen LogP contribution in [0.3, 0.4) is 0 Å². The van der Waals surface area contributed by atoms with Crippen LogP contribution < -0.4 is 20.5 Å². The molecule has 1 aromatic heterocycles. The van der Waals surface area contributed by atoms with Crippen LogP contribution in [0.4, 0.5) is 24.7 Å². The van der Waals surface area contributed by atoms with E-state index >= 15 is 4.39 Å². The molecule has 0 spiro atoms. The van der Waals surface area contributed by atoms with Crippen LogP contribution in [0.1, 0.15) is 26.7 Å². The van der Waals surface area contributed by atoms with Crippen molar-refractivity contribution < 1.29 is 31.1 Å². The first-order valence-corrected chi connectivity index (χ1v) is 13.3. The molecule has 3 rings (SSSR count). The molecule has 12 heteroatoms. The maximum atomic E-state index is 15.5. The average Bonchev–Trinajstić information content (AvgIpc) is 2.82. The van der Waals surface area contributed by atoms with E-state index in [1.54, 1.807) is 13.0 Å². The summed E-state index contributed by atoms with van der Waals surface area (Å²) >= 11 is 0. The molecule has 1 amide bonds. The highest BCUT2D eigenvalue weighted by Crippen LogP contribution is 2.39. The number of halogens is 3. The number of anilines is 2. The van der Waals surface area contributed by atoms with Crippen molar-refractivity contribution in [3.05, 3.63) is 48.2 Å². The molecule has 8 nitrogen and oxygen atoms in total. The zero-order valence-electron chi connectivity index (χ0n) is 20.5. The van der Waals surface area contributed by atoms with Gasteiger partial charge in [-0.2, -0.15) is 0 Å². The molecule has 0 aliphatic carbocycles. The lowest BCUT2D eigenvalue weighted by Crippen LogP contribution is -2.20. The molecule has 0 aliphatic rings. The van der Waals surface area contributed by atoms with Crippen molar-refractivity contribution in [2.24, 2.45) is 11.7 Å². The van der Waals surface area contributed by atoms with Crippen molar-refractivity contribution in [2.45, 2.75) is 26.7 Å². The number of fused-ring (bicyclic) bond motifs is 1. The molecule has 4 N–H and O–H groups in total. The Morgan fingerprint density at radius 3 is 2.62 bits per heavy atom. The number of carbonyl (C=O) groups is 1. The molecule has 1 heterocycles. The zero-order valence-corrected chi connectivity index (χ0v) is 21.3. The van der Waals surface area contributed by atoms with E-state index in [-0.39, 0.29) is 36.0 Å². The Hall–Kier alpha value is -3.54. The van der Waals surface area contributed by atoms with E-state index in [1.807, 2.05) is 6.92 Å². The van der Waals surface area contributed by atoms with Gasteiger partial charge in [-0.15, -0.1) is 0 Å². The summed E-state index contributed by atoms with van der Waals surface area (Å²) in [6.07, 6.45) is 2.00. The molecule has 37 heavy (non-hydrogen) atoms. The fourth-order valence-electron chi connectivity index (χ4n) is 3.79. The van der Waals surface area contributed by atoms with Crippen molar-refractivity contribution in [1.82, 2.24) is 4.98 Å². The van der Waals surface area contributed by atoms with Gasteiger partial charge in [-0.3, -0.25) is 9.52 Å². The minimum atomic E-state index is -3.84. The van der Waals surface area contributed by atoms with E-state index in [0.29, 0.717) is 29.6 Å². The van der Waals surface area contributed by atoms with Crippen molar-refractivity contribution in [3.63, 3.8) is 0 Å². The highest BCUT2D eigenvalue weighted by molar-refractivity contribution is 7.92. The van der Waals surface area contributed by atoms with Crippen LogP contribution in [-0.2, 0) is 14.8 Å². The number of amides is 1. The van der Waals surface area contributed by atoms with Crippen molar-refractivity contribution in [3.8, 4) is 16.9 Å². The van der Waals surface area contributed by atoms with E-state index in [4.69, 9.17) is 10.5 Å². The van der Waals surface area contributed by atoms with Crippen LogP contribution in [0, 0.1) is 17.6 Å². The summed E-state index contributed by atoms with van der Waals surface area (Å²) in [5, 5.41) is 4.21. The van der Waals surface area contributed by atoms with Crippen LogP contribution in [0.5, 0.6) is 5.75 Å². The van der Waals surface area contributed by atoms with E-state index in [2.05, 4.69) is 15.0 Å². The van der Waals surface area contributed by atoms with Crippen LogP contribution in [0.2, 0.25) is 0 Å². The highest BCUT2D eigenvalue weighted by Gasteiger charge is 2.22. The predicted molar refractivity (Wildman–Crippen MR) is 138 cm³/mol. The number of ether oxygens (including phenoxy) is 1. The number of carbonyl (C=O) groups excluding carboxylic acids is 1. The first-order valence-electron chi connectivity index (χ1n) is 11.7. The molecule has 0 bridgehead atoms. The Morgan fingerprint density at radius 2 is 1.95 bits per heavy atom. The third-order valence-electron chi connectivity index (χ3n) is 5.43. The number of aromatic nitrogens is 1. The minimum Gasteiger partial charge on any atom is -0.490 e. The largest absolute Gasteiger partial charge is 0.490 e. The van der Waals surface area contributed by atoms with Gasteiger partial charge in [0.25, 0.3) is 0 Å². The second-order valence-electron chi connectivity index (χ2n) is 8.66. The lowest BCUT2D eigenvalue weighted by molar-refractivity contribution is -0.118. The Kier molecular flexibility index (Phi) is 9.19. The summed E-state index contributed by atoms with van der Waals surface area (Å²) in [6, 6.07) is 6.58. The van der Waals surface area contributed by atoms with Crippen molar-refractivity contribution >= 4 is 38.2 Å². The summed E-state index contributed by atoms with van der Waals surface area (Å²) in [5.41, 5.74) is 4.26. The maximum absolute atomic E-state index is 15.5. The zero-order chi connectivity index (χ0) is 27.2. The number of nitrogens with one attached hydrogen (secondary N) is 2. The average molecular weight is 539 g/mol. The van der Waals surface area contributed by atoms with Gasteiger partial charge >= 0.3 is 0 Å². The summed E-state index contributed by atoms with van der Waals surface area (Å²) in [5.74, 6) is -2.26. The van der Waals surface area contributed by atoms with Gasteiger partial charge in [-0.05, 0) is 48.1 Å². The molecule has 0 saturated carbocycles. The molecule has 3 aromatic rings. The van der Waals surface area contributed by atoms with E-state index in [1.165, 1.54) is 18.3 Å². The standard InChI is InChI=1S/C25H29F3N4O4S/c1-3-8-37(34,35)32-20-5-4-19(27)24(25(20)28)18-10-17-14-31-23(30-13-15(2)9-22(29)33)12-16(17)11-21(18)36-7-6-26/h4-5,10-12,14-15,32H,3,6-9,13H2,1-2H3,(H2,29,33)(H,30,31)/t15-/m0/s1. The topological polar surface area (TPSA) is 123 Å². The van der Waals surface area contributed by atoms with E-state index < -0.39 is 45.5 Å². The van der Waals surface area contributed by atoms with E-state index in [9.17, 15) is 22.0 Å². The number of alkyl halides is 1. The quantitative estimate of drug-likeness (QED) is 0.292. The lowest BCUT2D eigenvalue weighted by Gasteiger charge is -2.17. The van der Waals surface area contributed by atoms with Gasteiger partial charge in [0, 0.05) is 30.1 Å². The second-order valence-corrected chi connectivity index (χ2v) is 10.5. The highest BCUT2D eigenvalue weighted by atomic mass is 32.2. The van der Waals surface area contributed by atoms with Crippen molar-refractivity contribution in [1.29, 1.82) is 0 Å². The number of pyridine rings is 1. The number of nitrogens with zero attached hydrogens (tertiary/aromatic N) is 1. The van der Waals surface area contributed by atoms with Gasteiger partial charge in [0.15, 0.2) is 5.82 Å². The van der Waals surface area contributed by atoms with Gasteiger partial charge in [-0.25, -0.2) is 26.6 Å². The predicted octanol–water partition coefficient (Wildman–Crippen LogP) is 4.60. The summed E-state index contributed by atoms with van der Waals surface area (Å²) in [7, 11) is -3.84. The molecule has 200 valence electrons. The molecule has 1 atom stereocenters. The number of hydrogen-bond acceptors (Lipinski definition) is 6.